The van der Waals surface area contributed by atoms with Gasteiger partial charge in [0.05, 0.1) is 5.69 Å². The van der Waals surface area contributed by atoms with Gasteiger partial charge in [-0.2, -0.15) is 0 Å². The maximum absolute atomic E-state index is 10.1. The number of carbonyl (C=O) groups excluding carboxylic acids is 1. The van der Waals surface area contributed by atoms with Crippen LogP contribution in [0, 0.1) is 0 Å². The Balaban J connectivity index is 0.00000106. The number of hydrazine groups is 1. The lowest BCUT2D eigenvalue weighted by Crippen LogP contribution is -2.32. The topological polar surface area (TPSA) is 85.2 Å². The van der Waals surface area contributed by atoms with Crippen molar-refractivity contribution in [2.75, 3.05) is 24.0 Å². The van der Waals surface area contributed by atoms with E-state index in [1.807, 2.05) is 6.66 Å². The fraction of sp³-hybridized carbons (Fsp3) is 0.400. The normalized spacial score (nSPS) is 8.94. The smallest absolute Gasteiger partial charge is 0.148 e. The van der Waals surface area contributed by atoms with Gasteiger partial charge in [-0.1, -0.05) is 6.66 Å². The maximum Gasteiger partial charge on any atom is 0.148 e. The second-order valence-electron chi connectivity index (χ2n) is 2.91. The van der Waals surface area contributed by atoms with Crippen LogP contribution in [0.25, 0.3) is 0 Å². The van der Waals surface area contributed by atoms with Crippen LogP contribution in [0.2, 0.25) is 0 Å². The lowest BCUT2D eigenvalue weighted by atomic mass is 10.3. The molecule has 0 saturated carbocycles. The molecule has 6 heteroatoms. The summed E-state index contributed by atoms with van der Waals surface area (Å²) in [5.74, 6) is 6.14. The van der Waals surface area contributed by atoms with Gasteiger partial charge in [0, 0.05) is 19.2 Å². The summed E-state index contributed by atoms with van der Waals surface area (Å²) in [5, 5.41) is 1.51. The molecule has 0 bridgehead atoms. The number of nitrogens with zero attached hydrogens (tertiary/aromatic N) is 2. The average Bonchev–Trinajstić information content (AvgIpc) is 2.32. The highest BCUT2D eigenvalue weighted by molar-refractivity contribution is 7.15. The third kappa shape index (κ3) is 5.05. The second kappa shape index (κ2) is 9.07. The molecule has 1 atom stereocenters. The van der Waals surface area contributed by atoms with Crippen LogP contribution in [0.15, 0.2) is 18.3 Å². The predicted octanol–water partition coefficient (Wildman–Crippen LogP) is 0.814. The molecule has 0 saturated heterocycles. The van der Waals surface area contributed by atoms with Gasteiger partial charge in [-0.15, -0.1) is 9.24 Å². The number of aldehydes is 1. The zero-order chi connectivity index (χ0) is 12.4. The lowest BCUT2D eigenvalue weighted by molar-refractivity contribution is -0.107. The first-order valence-electron chi connectivity index (χ1n) is 5.00. The minimum Gasteiger partial charge on any atom is -0.382 e. The average molecular weight is 242 g/mol. The third-order valence-corrected chi connectivity index (χ3v) is 1.85. The van der Waals surface area contributed by atoms with Gasteiger partial charge < -0.3 is 15.5 Å². The number of pyridine rings is 1. The van der Waals surface area contributed by atoms with E-state index in [9.17, 15) is 4.79 Å². The number of nitrogens with two attached hydrogens (primary N) is 2. The number of unbranched alkanes of at least 4 members (excludes halogenated alkanes) is 1. The number of hydrogen-bond acceptors (Lipinski definition) is 5. The highest BCUT2D eigenvalue weighted by Gasteiger charge is 2.04. The molecular weight excluding hydrogens is 223 g/mol. The fourth-order valence-corrected chi connectivity index (χ4v) is 1.12. The number of nitrogen functional groups attached to an aromatic ring is 1. The minimum atomic E-state index is 0.404. The van der Waals surface area contributed by atoms with E-state index in [4.69, 9.17) is 11.6 Å². The fourth-order valence-electron chi connectivity index (χ4n) is 1.12. The van der Waals surface area contributed by atoms with Gasteiger partial charge in [-0.25, -0.2) is 10.8 Å². The number of carbonyl (C=O) groups is 1. The molecule has 90 valence electrons. The molecule has 1 heterocycles. The molecule has 0 spiro atoms. The van der Waals surface area contributed by atoms with Gasteiger partial charge in [-0.3, -0.25) is 0 Å². The molecule has 1 aromatic rings. The molecule has 1 aromatic heterocycles. The first kappa shape index (κ1) is 14.8. The highest BCUT2D eigenvalue weighted by Crippen LogP contribution is 2.16. The molecule has 16 heavy (non-hydrogen) atoms. The SMILES string of the molecule is CP.Nc1ncccc1N(N)CCCC=O. The van der Waals surface area contributed by atoms with Gasteiger partial charge >= 0.3 is 0 Å². The van der Waals surface area contributed by atoms with Crippen LogP contribution in [0.5, 0.6) is 0 Å². The van der Waals surface area contributed by atoms with Crippen LogP contribution in [0.3, 0.4) is 0 Å². The number of hydrogen-bond donors (Lipinski definition) is 2. The molecule has 0 fully saturated rings. The molecule has 5 nitrogen and oxygen atoms in total. The van der Waals surface area contributed by atoms with Crippen LogP contribution in [-0.2, 0) is 4.79 Å². The molecular formula is C10H19N4OP. The first-order chi connectivity index (χ1) is 7.75. The van der Waals surface area contributed by atoms with E-state index in [1.165, 1.54) is 5.01 Å². The van der Waals surface area contributed by atoms with Crippen molar-refractivity contribution in [2.45, 2.75) is 12.8 Å². The second-order valence-corrected chi connectivity index (χ2v) is 2.91. The van der Waals surface area contributed by atoms with E-state index in [0.29, 0.717) is 30.9 Å². The van der Waals surface area contributed by atoms with Gasteiger partial charge in [-0.05, 0) is 18.6 Å². The Labute approximate surface area is 98.4 Å². The first-order valence-corrected chi connectivity index (χ1v) is 6.15. The summed E-state index contributed by atoms with van der Waals surface area (Å²) in [6, 6.07) is 3.56. The van der Waals surface area contributed by atoms with Crippen molar-refractivity contribution in [3.05, 3.63) is 18.3 Å². The Morgan fingerprint density at radius 1 is 1.56 bits per heavy atom. The maximum atomic E-state index is 10.1. The summed E-state index contributed by atoms with van der Waals surface area (Å²) in [6.07, 6.45) is 3.71. The zero-order valence-corrected chi connectivity index (χ0v) is 10.6. The van der Waals surface area contributed by atoms with Crippen LogP contribution in [0.4, 0.5) is 11.5 Å². The number of anilines is 2. The standard InChI is InChI=1S/C9H14N4O.CH5P/c10-9-8(4-3-5-12-9)13(11)6-1-2-7-14;1-2/h3-5,7H,1-2,6,11H2,(H2,10,12);2H2,1H3. The Kier molecular flexibility index (Phi) is 8.39. The Morgan fingerprint density at radius 3 is 2.81 bits per heavy atom. The van der Waals surface area contributed by atoms with E-state index in [1.54, 1.807) is 18.3 Å². The van der Waals surface area contributed by atoms with E-state index in [0.717, 1.165) is 6.29 Å². The Bertz CT molecular complexity index is 309. The van der Waals surface area contributed by atoms with Crippen LogP contribution >= 0.6 is 9.24 Å². The van der Waals surface area contributed by atoms with E-state index < -0.39 is 0 Å². The molecule has 0 radical (unpaired) electrons. The number of rotatable bonds is 5. The van der Waals surface area contributed by atoms with Crippen molar-refractivity contribution in [2.24, 2.45) is 5.84 Å². The van der Waals surface area contributed by atoms with Crippen molar-refractivity contribution in [1.82, 2.24) is 4.98 Å². The van der Waals surface area contributed by atoms with Gasteiger partial charge in [0.1, 0.15) is 12.1 Å². The summed E-state index contributed by atoms with van der Waals surface area (Å²) in [7, 11) is 2.42. The van der Waals surface area contributed by atoms with Crippen LogP contribution < -0.4 is 16.6 Å². The summed E-state index contributed by atoms with van der Waals surface area (Å²) in [4.78, 5) is 14.0. The van der Waals surface area contributed by atoms with Gasteiger partial charge in [0.25, 0.3) is 0 Å². The third-order valence-electron chi connectivity index (χ3n) is 1.85. The molecule has 0 aromatic carbocycles. The van der Waals surface area contributed by atoms with Crippen molar-refractivity contribution in [3.63, 3.8) is 0 Å². The monoisotopic (exact) mass is 242 g/mol. The van der Waals surface area contributed by atoms with Crippen molar-refractivity contribution in [1.29, 1.82) is 0 Å². The molecule has 0 aliphatic rings. The Hall–Kier alpha value is -1.19. The molecule has 0 aliphatic carbocycles. The van der Waals surface area contributed by atoms with Crippen molar-refractivity contribution in [3.8, 4) is 0 Å². The number of aromatic nitrogens is 1. The quantitative estimate of drug-likeness (QED) is 0.262. The van der Waals surface area contributed by atoms with Gasteiger partial charge in [0.2, 0.25) is 0 Å². The molecule has 0 amide bonds. The zero-order valence-electron chi connectivity index (χ0n) is 9.47. The summed E-state index contributed by atoms with van der Waals surface area (Å²) in [5.41, 5.74) is 6.32. The lowest BCUT2D eigenvalue weighted by Gasteiger charge is -2.18. The predicted molar refractivity (Wildman–Crippen MR) is 71.1 cm³/mol. The summed E-state index contributed by atoms with van der Waals surface area (Å²) >= 11 is 0. The molecule has 1 rings (SSSR count). The highest BCUT2D eigenvalue weighted by atomic mass is 31.0. The van der Waals surface area contributed by atoms with E-state index in [-0.39, 0.29) is 0 Å². The van der Waals surface area contributed by atoms with Gasteiger partial charge in [0.15, 0.2) is 0 Å². The summed E-state index contributed by atoms with van der Waals surface area (Å²) < 4.78 is 0. The van der Waals surface area contributed by atoms with E-state index >= 15 is 0 Å². The molecule has 1 unspecified atom stereocenters. The minimum absolute atomic E-state index is 0.404. The van der Waals surface area contributed by atoms with Crippen molar-refractivity contribution < 1.29 is 4.79 Å². The Morgan fingerprint density at radius 2 is 2.25 bits per heavy atom. The van der Waals surface area contributed by atoms with Crippen LogP contribution in [0.1, 0.15) is 12.8 Å². The van der Waals surface area contributed by atoms with Crippen LogP contribution in [-0.4, -0.2) is 24.5 Å². The largest absolute Gasteiger partial charge is 0.382 e. The van der Waals surface area contributed by atoms with Crippen molar-refractivity contribution >= 4 is 27.0 Å². The molecule has 0 aliphatic heterocycles. The molecule has 4 N–H and O–H groups in total. The van der Waals surface area contributed by atoms with E-state index in [2.05, 4.69) is 14.2 Å². The summed E-state index contributed by atoms with van der Waals surface area (Å²) in [6.45, 7) is 2.51.